The maximum absolute atomic E-state index is 10.8. The van der Waals surface area contributed by atoms with Crippen LogP contribution in [0.4, 0.5) is 0 Å². The average molecular weight is 250 g/mol. The summed E-state index contributed by atoms with van der Waals surface area (Å²) in [5.74, 6) is -0.0420. The lowest BCUT2D eigenvalue weighted by Crippen LogP contribution is -2.36. The number of nitriles is 1. The molecule has 54 valence electrons. The number of alkyl halides is 1. The summed E-state index contributed by atoms with van der Waals surface area (Å²) < 4.78 is 0.432. The summed E-state index contributed by atoms with van der Waals surface area (Å²) in [5, 5.41) is 11.2. The number of amides is 1. The van der Waals surface area contributed by atoms with Gasteiger partial charge in [0.15, 0.2) is 0 Å². The van der Waals surface area contributed by atoms with Crippen molar-refractivity contribution in [3.8, 4) is 6.07 Å². The smallest absolute Gasteiger partial charge is 0.231 e. The van der Waals surface area contributed by atoms with E-state index in [-0.39, 0.29) is 5.91 Å². The Bertz CT molecular complexity index is 192. The number of carbonyl (C=O) groups is 1. The highest BCUT2D eigenvalue weighted by Crippen LogP contribution is 2.34. The number of rotatable bonds is 2. The molecule has 0 radical (unpaired) electrons. The molecule has 1 amide bonds. The van der Waals surface area contributed by atoms with Gasteiger partial charge in [0.1, 0.15) is 5.54 Å². The van der Waals surface area contributed by atoms with Crippen molar-refractivity contribution >= 4 is 28.5 Å². The third-order valence-electron chi connectivity index (χ3n) is 1.46. The van der Waals surface area contributed by atoms with Crippen LogP contribution in [0.25, 0.3) is 0 Å². The molecular formula is C6H7IN2O. The molecule has 1 fully saturated rings. The summed E-state index contributed by atoms with van der Waals surface area (Å²) in [6.07, 6.45) is 1.62. The fourth-order valence-corrected chi connectivity index (χ4v) is 0.881. The zero-order chi connectivity index (χ0) is 7.61. The summed E-state index contributed by atoms with van der Waals surface area (Å²) in [7, 11) is 0. The van der Waals surface area contributed by atoms with Gasteiger partial charge in [0.2, 0.25) is 5.91 Å². The van der Waals surface area contributed by atoms with Crippen molar-refractivity contribution in [1.82, 2.24) is 5.32 Å². The molecule has 0 saturated heterocycles. The quantitative estimate of drug-likeness (QED) is 0.576. The third-order valence-corrected chi connectivity index (χ3v) is 2.16. The molecule has 0 atom stereocenters. The number of halogens is 1. The highest BCUT2D eigenvalue weighted by Gasteiger charge is 2.44. The first kappa shape index (κ1) is 7.79. The van der Waals surface area contributed by atoms with Crippen LogP contribution in [-0.2, 0) is 4.79 Å². The lowest BCUT2D eigenvalue weighted by atomic mass is 10.3. The van der Waals surface area contributed by atoms with Crippen molar-refractivity contribution in [2.24, 2.45) is 0 Å². The van der Waals surface area contributed by atoms with Gasteiger partial charge in [0, 0.05) is 0 Å². The van der Waals surface area contributed by atoms with Gasteiger partial charge in [0.05, 0.1) is 10.5 Å². The molecule has 0 bridgehead atoms. The van der Waals surface area contributed by atoms with Gasteiger partial charge < -0.3 is 5.32 Å². The molecule has 10 heavy (non-hydrogen) atoms. The van der Waals surface area contributed by atoms with Crippen molar-refractivity contribution in [2.75, 3.05) is 4.43 Å². The van der Waals surface area contributed by atoms with Gasteiger partial charge in [-0.15, -0.1) is 0 Å². The summed E-state index contributed by atoms with van der Waals surface area (Å²) in [4.78, 5) is 10.8. The normalized spacial score (nSPS) is 19.2. The number of hydrogen-bond acceptors (Lipinski definition) is 2. The second-order valence-corrected chi connectivity index (χ2v) is 3.14. The molecule has 0 aromatic carbocycles. The van der Waals surface area contributed by atoms with Crippen molar-refractivity contribution in [1.29, 1.82) is 5.26 Å². The van der Waals surface area contributed by atoms with Gasteiger partial charge in [-0.1, -0.05) is 22.6 Å². The lowest BCUT2D eigenvalue weighted by Gasteiger charge is -2.05. The topological polar surface area (TPSA) is 52.9 Å². The minimum Gasteiger partial charge on any atom is -0.337 e. The minimum atomic E-state index is -0.484. The van der Waals surface area contributed by atoms with Gasteiger partial charge in [0.25, 0.3) is 0 Å². The molecule has 0 aliphatic heterocycles. The zero-order valence-corrected chi connectivity index (χ0v) is 7.51. The molecular weight excluding hydrogens is 243 g/mol. The van der Waals surface area contributed by atoms with Crippen molar-refractivity contribution in [2.45, 2.75) is 18.4 Å². The Balaban J connectivity index is 2.40. The average Bonchev–Trinajstić information content (AvgIpc) is 2.70. The van der Waals surface area contributed by atoms with Crippen LogP contribution in [0.5, 0.6) is 0 Å². The molecule has 0 aromatic rings. The van der Waals surface area contributed by atoms with Crippen molar-refractivity contribution < 1.29 is 4.79 Å². The van der Waals surface area contributed by atoms with Gasteiger partial charge in [-0.05, 0) is 12.8 Å². The van der Waals surface area contributed by atoms with Gasteiger partial charge >= 0.3 is 0 Å². The molecule has 1 rings (SSSR count). The van der Waals surface area contributed by atoms with Crippen LogP contribution < -0.4 is 5.32 Å². The van der Waals surface area contributed by atoms with Gasteiger partial charge in [-0.3, -0.25) is 4.79 Å². The maximum atomic E-state index is 10.8. The highest BCUT2D eigenvalue weighted by atomic mass is 127. The summed E-state index contributed by atoms with van der Waals surface area (Å²) in [5.41, 5.74) is -0.484. The van der Waals surface area contributed by atoms with E-state index in [1.165, 1.54) is 0 Å². The number of hydrogen-bond donors (Lipinski definition) is 1. The molecule has 1 aliphatic rings. The van der Waals surface area contributed by atoms with E-state index < -0.39 is 5.54 Å². The maximum Gasteiger partial charge on any atom is 0.231 e. The second kappa shape index (κ2) is 2.74. The zero-order valence-electron chi connectivity index (χ0n) is 5.35. The first-order valence-corrected chi connectivity index (χ1v) is 4.53. The van der Waals surface area contributed by atoms with Crippen LogP contribution >= 0.6 is 22.6 Å². The molecule has 4 heteroatoms. The van der Waals surface area contributed by atoms with E-state index in [9.17, 15) is 4.79 Å². The fourth-order valence-electron chi connectivity index (χ4n) is 0.690. The van der Waals surface area contributed by atoms with E-state index in [0.717, 1.165) is 12.8 Å². The molecule has 1 aliphatic carbocycles. The van der Waals surface area contributed by atoms with E-state index in [0.29, 0.717) is 4.43 Å². The lowest BCUT2D eigenvalue weighted by molar-refractivity contribution is -0.118. The minimum absolute atomic E-state index is 0.0420. The van der Waals surface area contributed by atoms with Crippen molar-refractivity contribution in [3.05, 3.63) is 0 Å². The second-order valence-electron chi connectivity index (χ2n) is 2.38. The first-order valence-electron chi connectivity index (χ1n) is 3.01. The van der Waals surface area contributed by atoms with E-state index >= 15 is 0 Å². The van der Waals surface area contributed by atoms with E-state index in [1.807, 2.05) is 22.6 Å². The van der Waals surface area contributed by atoms with Crippen LogP contribution in [-0.4, -0.2) is 15.9 Å². The standard InChI is InChI=1S/C6H7IN2O/c7-3-5(10)9-6(4-8)1-2-6/h1-3H2,(H,9,10). The Labute approximate surface area is 72.9 Å². The highest BCUT2D eigenvalue weighted by molar-refractivity contribution is 14.1. The Kier molecular flexibility index (Phi) is 2.14. The van der Waals surface area contributed by atoms with Gasteiger partial charge in [-0.25, -0.2) is 0 Å². The van der Waals surface area contributed by atoms with E-state index in [1.54, 1.807) is 0 Å². The summed E-state index contributed by atoms with van der Waals surface area (Å²) >= 11 is 1.98. The molecule has 1 saturated carbocycles. The molecule has 0 unspecified atom stereocenters. The van der Waals surface area contributed by atoms with Crippen LogP contribution in [0.15, 0.2) is 0 Å². The molecule has 0 heterocycles. The predicted molar refractivity (Wildman–Crippen MR) is 44.6 cm³/mol. The number of nitrogens with one attached hydrogen (secondary N) is 1. The van der Waals surface area contributed by atoms with E-state index in [2.05, 4.69) is 11.4 Å². The Morgan fingerprint density at radius 2 is 2.40 bits per heavy atom. The summed E-state index contributed by atoms with van der Waals surface area (Å²) in [6.45, 7) is 0. The van der Waals surface area contributed by atoms with Crippen LogP contribution in [0.1, 0.15) is 12.8 Å². The number of carbonyl (C=O) groups excluding carboxylic acids is 1. The van der Waals surface area contributed by atoms with Crippen LogP contribution in [0, 0.1) is 11.3 Å². The van der Waals surface area contributed by atoms with Crippen LogP contribution in [0.3, 0.4) is 0 Å². The molecule has 0 aromatic heterocycles. The van der Waals surface area contributed by atoms with Gasteiger partial charge in [-0.2, -0.15) is 5.26 Å². The van der Waals surface area contributed by atoms with Crippen LogP contribution in [0.2, 0.25) is 0 Å². The molecule has 1 N–H and O–H groups in total. The monoisotopic (exact) mass is 250 g/mol. The SMILES string of the molecule is N#CC1(NC(=O)CI)CC1. The molecule has 3 nitrogen and oxygen atoms in total. The first-order chi connectivity index (χ1) is 4.72. The van der Waals surface area contributed by atoms with Crippen molar-refractivity contribution in [3.63, 3.8) is 0 Å². The summed E-state index contributed by atoms with van der Waals surface area (Å²) in [6, 6.07) is 2.08. The fraction of sp³-hybridized carbons (Fsp3) is 0.667. The Morgan fingerprint density at radius 3 is 2.70 bits per heavy atom. The third kappa shape index (κ3) is 1.59. The van der Waals surface area contributed by atoms with E-state index in [4.69, 9.17) is 5.26 Å². The largest absolute Gasteiger partial charge is 0.337 e. The molecule has 0 spiro atoms. The number of nitrogens with zero attached hydrogens (tertiary/aromatic N) is 1. The Morgan fingerprint density at radius 1 is 1.80 bits per heavy atom. The predicted octanol–water partition coefficient (Wildman–Crippen LogP) is 0.594. The Hall–Kier alpha value is -0.310.